The van der Waals surface area contributed by atoms with Gasteiger partial charge in [-0.3, -0.25) is 0 Å². The standard InChI is InChI=1S/C11H13FO/c12-11-3-1-9(2-4-11)10-5-8(6-10)7-13/h1-4,8,10,13H,5-7H2/t8-,10+. The highest BCUT2D eigenvalue weighted by Gasteiger charge is 2.29. The van der Waals surface area contributed by atoms with Crippen LogP contribution in [0.2, 0.25) is 0 Å². The smallest absolute Gasteiger partial charge is 0.123 e. The Labute approximate surface area is 77.2 Å². The van der Waals surface area contributed by atoms with Crippen LogP contribution in [0.5, 0.6) is 0 Å². The zero-order chi connectivity index (χ0) is 9.26. The molecular formula is C11H13FO. The van der Waals surface area contributed by atoms with Crippen LogP contribution < -0.4 is 0 Å². The molecule has 1 aromatic rings. The third-order valence-electron chi connectivity index (χ3n) is 2.84. The average Bonchev–Trinajstić information content (AvgIpc) is 2.06. The normalized spacial score (nSPS) is 26.9. The first kappa shape index (κ1) is 8.70. The van der Waals surface area contributed by atoms with Gasteiger partial charge in [-0.05, 0) is 42.4 Å². The lowest BCUT2D eigenvalue weighted by Crippen LogP contribution is -2.24. The first-order valence-corrected chi connectivity index (χ1v) is 4.66. The predicted molar refractivity (Wildman–Crippen MR) is 49.0 cm³/mol. The Morgan fingerprint density at radius 1 is 1.23 bits per heavy atom. The van der Waals surface area contributed by atoms with E-state index in [0.29, 0.717) is 11.8 Å². The summed E-state index contributed by atoms with van der Waals surface area (Å²) in [5.74, 6) is 0.828. The fourth-order valence-corrected chi connectivity index (χ4v) is 1.89. The number of hydrogen-bond acceptors (Lipinski definition) is 1. The van der Waals surface area contributed by atoms with E-state index < -0.39 is 0 Å². The molecule has 0 spiro atoms. The fourth-order valence-electron chi connectivity index (χ4n) is 1.89. The van der Waals surface area contributed by atoms with Crippen LogP contribution in [0.4, 0.5) is 4.39 Å². The van der Waals surface area contributed by atoms with Crippen molar-refractivity contribution in [3.8, 4) is 0 Å². The van der Waals surface area contributed by atoms with E-state index in [4.69, 9.17) is 5.11 Å². The van der Waals surface area contributed by atoms with Gasteiger partial charge in [-0.25, -0.2) is 4.39 Å². The van der Waals surface area contributed by atoms with Crippen LogP contribution in [0.3, 0.4) is 0 Å². The van der Waals surface area contributed by atoms with Crippen LogP contribution in [0.1, 0.15) is 24.3 Å². The zero-order valence-electron chi connectivity index (χ0n) is 7.41. The van der Waals surface area contributed by atoms with E-state index in [1.54, 1.807) is 0 Å². The van der Waals surface area contributed by atoms with Gasteiger partial charge in [0.25, 0.3) is 0 Å². The highest BCUT2D eigenvalue weighted by Crippen LogP contribution is 2.40. The summed E-state index contributed by atoms with van der Waals surface area (Å²) in [4.78, 5) is 0. The molecule has 70 valence electrons. The van der Waals surface area contributed by atoms with Gasteiger partial charge in [0.05, 0.1) is 0 Å². The Hall–Kier alpha value is -0.890. The number of hydrogen-bond donors (Lipinski definition) is 1. The minimum absolute atomic E-state index is 0.179. The quantitative estimate of drug-likeness (QED) is 0.740. The van der Waals surface area contributed by atoms with Crippen LogP contribution in [0, 0.1) is 11.7 Å². The van der Waals surface area contributed by atoms with Crippen LogP contribution in [-0.4, -0.2) is 11.7 Å². The van der Waals surface area contributed by atoms with E-state index in [1.807, 2.05) is 12.1 Å². The van der Waals surface area contributed by atoms with E-state index in [9.17, 15) is 4.39 Å². The summed E-state index contributed by atoms with van der Waals surface area (Å²) < 4.78 is 12.6. The van der Waals surface area contributed by atoms with E-state index in [1.165, 1.54) is 17.7 Å². The van der Waals surface area contributed by atoms with Crippen molar-refractivity contribution in [2.75, 3.05) is 6.61 Å². The molecule has 0 saturated heterocycles. The number of benzene rings is 1. The van der Waals surface area contributed by atoms with Gasteiger partial charge in [-0.15, -0.1) is 0 Å². The zero-order valence-corrected chi connectivity index (χ0v) is 7.41. The van der Waals surface area contributed by atoms with Crippen LogP contribution in [-0.2, 0) is 0 Å². The minimum atomic E-state index is -0.179. The lowest BCUT2D eigenvalue weighted by molar-refractivity contribution is 0.142. The molecule has 13 heavy (non-hydrogen) atoms. The van der Waals surface area contributed by atoms with Gasteiger partial charge in [-0.2, -0.15) is 0 Å². The number of aliphatic hydroxyl groups is 1. The summed E-state index contributed by atoms with van der Waals surface area (Å²) in [5, 5.41) is 8.83. The molecular weight excluding hydrogens is 167 g/mol. The summed E-state index contributed by atoms with van der Waals surface area (Å²) in [5.41, 5.74) is 1.20. The van der Waals surface area contributed by atoms with Crippen molar-refractivity contribution in [1.29, 1.82) is 0 Å². The monoisotopic (exact) mass is 180 g/mol. The predicted octanol–water partition coefficient (Wildman–Crippen LogP) is 2.31. The molecule has 0 bridgehead atoms. The van der Waals surface area contributed by atoms with Gasteiger partial charge in [-0.1, -0.05) is 12.1 Å². The molecule has 0 heterocycles. The van der Waals surface area contributed by atoms with Gasteiger partial charge in [0, 0.05) is 6.61 Å². The van der Waals surface area contributed by atoms with Crippen molar-refractivity contribution >= 4 is 0 Å². The summed E-state index contributed by atoms with van der Waals surface area (Å²) >= 11 is 0. The van der Waals surface area contributed by atoms with Gasteiger partial charge < -0.3 is 5.11 Å². The van der Waals surface area contributed by atoms with Crippen molar-refractivity contribution in [2.24, 2.45) is 5.92 Å². The fraction of sp³-hybridized carbons (Fsp3) is 0.455. The molecule has 0 aromatic heterocycles. The first-order valence-electron chi connectivity index (χ1n) is 4.66. The van der Waals surface area contributed by atoms with Crippen LogP contribution in [0.15, 0.2) is 24.3 Å². The largest absolute Gasteiger partial charge is 0.396 e. The van der Waals surface area contributed by atoms with Crippen LogP contribution >= 0.6 is 0 Å². The third kappa shape index (κ3) is 1.73. The molecule has 2 rings (SSSR count). The molecule has 0 atom stereocenters. The maximum Gasteiger partial charge on any atom is 0.123 e. The van der Waals surface area contributed by atoms with Crippen molar-refractivity contribution in [3.05, 3.63) is 35.6 Å². The number of aliphatic hydroxyl groups excluding tert-OH is 1. The van der Waals surface area contributed by atoms with E-state index in [-0.39, 0.29) is 12.4 Å². The van der Waals surface area contributed by atoms with E-state index in [0.717, 1.165) is 12.8 Å². The van der Waals surface area contributed by atoms with Gasteiger partial charge in [0.15, 0.2) is 0 Å². The van der Waals surface area contributed by atoms with E-state index >= 15 is 0 Å². The van der Waals surface area contributed by atoms with Crippen LogP contribution in [0.25, 0.3) is 0 Å². The molecule has 0 aliphatic heterocycles. The van der Waals surface area contributed by atoms with Crippen molar-refractivity contribution in [2.45, 2.75) is 18.8 Å². The second-order valence-electron chi connectivity index (χ2n) is 3.77. The number of halogens is 1. The molecule has 2 heteroatoms. The maximum atomic E-state index is 12.6. The Morgan fingerprint density at radius 2 is 1.85 bits per heavy atom. The van der Waals surface area contributed by atoms with Crippen molar-refractivity contribution < 1.29 is 9.50 Å². The van der Waals surface area contributed by atoms with E-state index in [2.05, 4.69) is 0 Å². The molecule has 1 nitrogen and oxygen atoms in total. The molecule has 1 aliphatic carbocycles. The van der Waals surface area contributed by atoms with Crippen molar-refractivity contribution in [1.82, 2.24) is 0 Å². The summed E-state index contributed by atoms with van der Waals surface area (Å²) in [7, 11) is 0. The highest BCUT2D eigenvalue weighted by atomic mass is 19.1. The molecule has 1 aromatic carbocycles. The molecule has 1 aliphatic rings. The average molecular weight is 180 g/mol. The summed E-state index contributed by atoms with van der Waals surface area (Å²) in [6, 6.07) is 6.68. The highest BCUT2D eigenvalue weighted by molar-refractivity contribution is 5.22. The Kier molecular flexibility index (Phi) is 2.32. The second-order valence-corrected chi connectivity index (χ2v) is 3.77. The first-order chi connectivity index (χ1) is 6.29. The Bertz CT molecular complexity index is 275. The maximum absolute atomic E-state index is 12.6. The van der Waals surface area contributed by atoms with Gasteiger partial charge in [0.2, 0.25) is 0 Å². The molecule has 1 saturated carbocycles. The summed E-state index contributed by atoms with van der Waals surface area (Å²) in [6.45, 7) is 0.289. The SMILES string of the molecule is OC[C@H]1C[C@@H](c2ccc(F)cc2)C1. The Balaban J connectivity index is 1.99. The number of rotatable bonds is 2. The summed E-state index contributed by atoms with van der Waals surface area (Å²) in [6.07, 6.45) is 2.09. The third-order valence-corrected chi connectivity index (χ3v) is 2.84. The second kappa shape index (κ2) is 3.46. The topological polar surface area (TPSA) is 20.2 Å². The van der Waals surface area contributed by atoms with Crippen molar-refractivity contribution in [3.63, 3.8) is 0 Å². The Morgan fingerprint density at radius 3 is 2.38 bits per heavy atom. The van der Waals surface area contributed by atoms with Gasteiger partial charge >= 0.3 is 0 Å². The molecule has 0 unspecified atom stereocenters. The molecule has 0 amide bonds. The molecule has 1 N–H and O–H groups in total. The van der Waals surface area contributed by atoms with Gasteiger partial charge in [0.1, 0.15) is 5.82 Å². The molecule has 1 fully saturated rings. The lowest BCUT2D eigenvalue weighted by Gasteiger charge is -2.34. The minimum Gasteiger partial charge on any atom is -0.396 e. The lowest BCUT2D eigenvalue weighted by atomic mass is 9.72. The molecule has 0 radical (unpaired) electrons.